The second-order valence-corrected chi connectivity index (χ2v) is 22.8. The fourth-order valence-corrected chi connectivity index (χ4v) is 14.1. The van der Waals surface area contributed by atoms with Crippen LogP contribution >= 0.6 is 0 Å². The number of esters is 1. The van der Waals surface area contributed by atoms with Crippen LogP contribution < -0.4 is 26.3 Å². The molecular weight excluding hydrogens is 920 g/mol. The molecule has 376 valence electrons. The zero-order valence-corrected chi connectivity index (χ0v) is 41.7. The quantitative estimate of drug-likeness (QED) is 0.0906. The molecular formula is C54H61B2N3O13. The van der Waals surface area contributed by atoms with Crippen LogP contribution in [0.25, 0.3) is 0 Å². The van der Waals surface area contributed by atoms with Crippen molar-refractivity contribution in [2.45, 2.75) is 109 Å². The monoisotopic (exact) mass is 981 g/mol. The van der Waals surface area contributed by atoms with E-state index in [-0.39, 0.29) is 87.2 Å². The van der Waals surface area contributed by atoms with E-state index in [0.29, 0.717) is 63.1 Å². The first kappa shape index (κ1) is 47.6. The highest BCUT2D eigenvalue weighted by molar-refractivity contribution is 6.62. The van der Waals surface area contributed by atoms with Gasteiger partial charge in [-0.05, 0) is 109 Å². The Kier molecular flexibility index (Phi) is 11.3. The van der Waals surface area contributed by atoms with Crippen molar-refractivity contribution in [2.24, 2.45) is 34.5 Å². The van der Waals surface area contributed by atoms with Gasteiger partial charge in [0, 0.05) is 54.0 Å². The molecule has 0 aromatic heterocycles. The first-order valence-electron chi connectivity index (χ1n) is 25.7. The van der Waals surface area contributed by atoms with Crippen LogP contribution in [0.4, 0.5) is 5.69 Å². The number of nitrogens with one attached hydrogen (secondary N) is 2. The summed E-state index contributed by atoms with van der Waals surface area (Å²) in [4.78, 5) is 63.8. The van der Waals surface area contributed by atoms with Gasteiger partial charge in [0.05, 0.1) is 61.8 Å². The number of carbonyl (C=O) groups is 5. The molecule has 8 fully saturated rings. The van der Waals surface area contributed by atoms with Gasteiger partial charge in [0.25, 0.3) is 11.8 Å². The number of carbonyl (C=O) groups excluding carboxylic acids is 5. The Morgan fingerprint density at radius 1 is 0.667 bits per heavy atom. The summed E-state index contributed by atoms with van der Waals surface area (Å²) in [6.45, 7) is 14.9. The third kappa shape index (κ3) is 7.36. The minimum Gasteiger partial charge on any atom is -0.456 e. The summed E-state index contributed by atoms with van der Waals surface area (Å²) in [5.41, 5.74) is 2.51. The van der Waals surface area contributed by atoms with Crippen LogP contribution in [0.2, 0.25) is 0 Å². The van der Waals surface area contributed by atoms with Gasteiger partial charge in [-0.1, -0.05) is 58.0 Å². The van der Waals surface area contributed by atoms with Gasteiger partial charge >= 0.3 is 20.2 Å². The molecule has 2 N–H and O–H groups in total. The van der Waals surface area contributed by atoms with Crippen molar-refractivity contribution in [3.05, 3.63) is 89.0 Å². The van der Waals surface area contributed by atoms with E-state index in [1.165, 1.54) is 12.2 Å². The second-order valence-electron chi connectivity index (χ2n) is 22.8. The minimum absolute atomic E-state index is 0.0000922. The number of fused-ring (bicyclic) bond motifs is 6. The fourth-order valence-electron chi connectivity index (χ4n) is 14.1. The number of nitrogens with zero attached hydrogens (tertiary/aromatic N) is 1. The van der Waals surface area contributed by atoms with Gasteiger partial charge in [0.1, 0.15) is 11.5 Å². The third-order valence-corrected chi connectivity index (χ3v) is 18.5. The molecule has 72 heavy (non-hydrogen) atoms. The van der Waals surface area contributed by atoms with Crippen molar-refractivity contribution < 1.29 is 61.5 Å². The molecule has 6 saturated carbocycles. The lowest BCUT2D eigenvalue weighted by Crippen LogP contribution is -2.65. The van der Waals surface area contributed by atoms with Gasteiger partial charge in [-0.2, -0.15) is 0 Å². The van der Waals surface area contributed by atoms with E-state index in [4.69, 9.17) is 37.6 Å². The summed E-state index contributed by atoms with van der Waals surface area (Å²) in [6.07, 6.45) is 6.61. The predicted octanol–water partition coefficient (Wildman–Crippen LogP) is 4.92. The summed E-state index contributed by atoms with van der Waals surface area (Å²) in [6, 6.07) is 17.1. The van der Waals surface area contributed by atoms with Crippen molar-refractivity contribution in [1.29, 1.82) is 0 Å². The number of hydrogen-bond acceptors (Lipinski definition) is 13. The van der Waals surface area contributed by atoms with Crippen molar-refractivity contribution >= 4 is 60.4 Å². The molecule has 16 nitrogen and oxygen atoms in total. The topological polar surface area (TPSA) is 186 Å². The van der Waals surface area contributed by atoms with Gasteiger partial charge in [-0.25, -0.2) is 4.79 Å². The molecule has 3 aromatic rings. The summed E-state index contributed by atoms with van der Waals surface area (Å²) < 4.78 is 51.9. The number of imide groups is 1. The van der Waals surface area contributed by atoms with Crippen LogP contribution in [0.3, 0.4) is 0 Å². The van der Waals surface area contributed by atoms with Gasteiger partial charge in [-0.15, -0.1) is 0 Å². The van der Waals surface area contributed by atoms with Crippen molar-refractivity contribution in [3.63, 3.8) is 0 Å². The van der Waals surface area contributed by atoms with E-state index in [0.717, 1.165) is 41.5 Å². The summed E-state index contributed by atoms with van der Waals surface area (Å²) >= 11 is 0. The lowest BCUT2D eigenvalue weighted by Gasteiger charge is -2.64. The van der Waals surface area contributed by atoms with Crippen LogP contribution in [0, 0.1) is 34.5 Å². The standard InChI is InChI=1S/C54H61B2N3O13/c1-50(2)30-23-41(50)52(5)43(25-30)69-55(71-52)32-7-10-37-39(27-32)67-40-28-33(56-70-44-26-31-24-42(51(31,3)4)53(44,6)72-56)8-11-38(40)54(37)36-12-9-34(29-35(36)49(64)68-54)58-46(61)16-19-65-21-22-66-20-17-57-45(60)15-18-59-47(62)13-14-48(59)63/h7-14,27-31,41-44H,15-26H2,1-6H3,(H,57,60)(H,58,61)/t30-,31-,41-,42-,43?,44?,52-,53-,54?/m0/s1. The normalized spacial score (nSPS) is 32.2. The van der Waals surface area contributed by atoms with Crippen LogP contribution in [0.15, 0.2) is 66.7 Å². The average Bonchev–Trinajstić information content (AvgIpc) is 4.08. The molecule has 5 heterocycles. The van der Waals surface area contributed by atoms with Crippen LogP contribution in [-0.2, 0) is 57.6 Å². The zero-order valence-electron chi connectivity index (χ0n) is 41.7. The molecule has 4 amide bonds. The molecule has 3 aromatic carbocycles. The van der Waals surface area contributed by atoms with E-state index >= 15 is 0 Å². The molecule has 1 spiro atoms. The van der Waals surface area contributed by atoms with Crippen LogP contribution in [0.5, 0.6) is 11.5 Å². The van der Waals surface area contributed by atoms with Gasteiger partial charge in [0.15, 0.2) is 5.60 Å². The van der Waals surface area contributed by atoms with E-state index in [2.05, 4.69) is 52.2 Å². The first-order chi connectivity index (χ1) is 34.4. The Morgan fingerprint density at radius 3 is 1.79 bits per heavy atom. The molecule has 18 heteroatoms. The molecule has 0 radical (unpaired) electrons. The molecule has 6 aliphatic carbocycles. The molecule has 14 rings (SSSR count). The lowest BCUT2D eigenvalue weighted by atomic mass is 9.43. The maximum atomic E-state index is 14.2. The number of rotatable bonds is 15. The number of hydrogen-bond donors (Lipinski definition) is 2. The van der Waals surface area contributed by atoms with Crippen LogP contribution in [0.1, 0.15) is 107 Å². The third-order valence-electron chi connectivity index (χ3n) is 18.5. The Labute approximate surface area is 419 Å². The smallest absolute Gasteiger partial charge is 0.456 e. The van der Waals surface area contributed by atoms with Gasteiger partial charge in [0.2, 0.25) is 11.8 Å². The molecule has 2 saturated heterocycles. The number of benzene rings is 3. The highest BCUT2D eigenvalue weighted by atomic mass is 16.7. The maximum Gasteiger partial charge on any atom is 0.494 e. The van der Waals surface area contributed by atoms with E-state index in [1.54, 1.807) is 12.1 Å². The van der Waals surface area contributed by atoms with Gasteiger partial charge in [-0.3, -0.25) is 24.1 Å². The summed E-state index contributed by atoms with van der Waals surface area (Å²) in [5.74, 6) is 1.05. The average molecular weight is 982 g/mol. The van der Waals surface area contributed by atoms with E-state index in [1.807, 2.05) is 42.5 Å². The second kappa shape index (κ2) is 17.1. The lowest BCUT2D eigenvalue weighted by molar-refractivity contribution is -0.199. The zero-order chi connectivity index (χ0) is 50.1. The molecule has 4 bridgehead atoms. The van der Waals surface area contributed by atoms with Gasteiger partial charge < -0.3 is 48.2 Å². The number of ether oxygens (including phenoxy) is 4. The summed E-state index contributed by atoms with van der Waals surface area (Å²) in [5, 5.41) is 5.60. The number of anilines is 1. The Hall–Kier alpha value is -5.36. The van der Waals surface area contributed by atoms with Crippen molar-refractivity contribution in [2.75, 3.05) is 44.8 Å². The first-order valence-corrected chi connectivity index (χ1v) is 25.7. The molecule has 8 atom stereocenters. The molecule has 5 aliphatic heterocycles. The molecule has 11 aliphatic rings. The SMILES string of the molecule is CC1(C)[C@@H]2CC3OB(c4ccc5c(c4)Oc4cc(B6OC7C[C@@H]8C[C@@H](C8(C)C)[C@]7(C)O6)ccc4C54OC(=O)c5cc(NC(=O)CCOCCOCCNC(=O)CCN6C(=O)C=CC6=O)ccc54)O[C@@]3(C)[C@H]1C2. The number of amides is 4. The summed E-state index contributed by atoms with van der Waals surface area (Å²) in [7, 11) is -1.19. The van der Waals surface area contributed by atoms with E-state index < -0.39 is 48.8 Å². The fraction of sp³-hybridized carbons (Fsp3) is 0.537. The minimum atomic E-state index is -1.38. The Bertz CT molecular complexity index is 2710. The Morgan fingerprint density at radius 2 is 1.22 bits per heavy atom. The Balaban J connectivity index is 0.729. The molecule has 2 unspecified atom stereocenters. The highest BCUT2D eigenvalue weighted by Crippen LogP contribution is 2.67. The largest absolute Gasteiger partial charge is 0.494 e. The highest BCUT2D eigenvalue weighted by Gasteiger charge is 2.69. The van der Waals surface area contributed by atoms with Crippen LogP contribution in [-0.4, -0.2) is 112 Å². The van der Waals surface area contributed by atoms with Crippen molar-refractivity contribution in [1.82, 2.24) is 10.2 Å². The van der Waals surface area contributed by atoms with Crippen molar-refractivity contribution in [3.8, 4) is 11.5 Å². The maximum absolute atomic E-state index is 14.2. The predicted molar refractivity (Wildman–Crippen MR) is 263 cm³/mol. The van der Waals surface area contributed by atoms with E-state index in [9.17, 15) is 24.0 Å².